The van der Waals surface area contributed by atoms with Crippen LogP contribution >= 0.6 is 0 Å². The standard InChI is InChI=1S/C9H10O3.C2H4O3/c10-8(9(11)12)6-7-4-2-1-3-5-7;3-1-2(4)5/h1-5,8,10H,6H2,(H,11,12);3H,1H2,(H,4,5). The summed E-state index contributed by atoms with van der Waals surface area (Å²) >= 11 is 0. The SMILES string of the molecule is O=C(O)C(O)Cc1ccccc1.O=C(O)CO. The van der Waals surface area contributed by atoms with Crippen molar-refractivity contribution in [1.82, 2.24) is 0 Å². The highest BCUT2D eigenvalue weighted by Gasteiger charge is 2.12. The number of hydrogen-bond acceptors (Lipinski definition) is 4. The Morgan fingerprint density at radius 2 is 1.59 bits per heavy atom. The van der Waals surface area contributed by atoms with Crippen molar-refractivity contribution in [3.05, 3.63) is 35.9 Å². The van der Waals surface area contributed by atoms with Gasteiger partial charge in [0, 0.05) is 6.42 Å². The van der Waals surface area contributed by atoms with E-state index in [4.69, 9.17) is 25.2 Å². The van der Waals surface area contributed by atoms with Crippen LogP contribution in [0.3, 0.4) is 0 Å². The molecule has 6 heteroatoms. The Morgan fingerprint density at radius 1 is 1.12 bits per heavy atom. The molecule has 0 radical (unpaired) electrons. The second kappa shape index (κ2) is 8.26. The molecule has 0 aliphatic carbocycles. The smallest absolute Gasteiger partial charge is 0.332 e. The predicted octanol–water partition coefficient (Wildman–Crippen LogP) is -0.262. The number of carbonyl (C=O) groups is 2. The fourth-order valence-corrected chi connectivity index (χ4v) is 0.925. The first-order valence-corrected chi connectivity index (χ1v) is 4.74. The van der Waals surface area contributed by atoms with E-state index >= 15 is 0 Å². The molecule has 0 bridgehead atoms. The normalized spacial score (nSPS) is 10.9. The molecule has 0 saturated heterocycles. The first-order valence-electron chi connectivity index (χ1n) is 4.74. The van der Waals surface area contributed by atoms with Crippen LogP contribution in [0.15, 0.2) is 30.3 Å². The minimum atomic E-state index is -1.30. The number of carboxylic acid groups (broad SMARTS) is 2. The monoisotopic (exact) mass is 242 g/mol. The lowest BCUT2D eigenvalue weighted by molar-refractivity contribution is -0.146. The van der Waals surface area contributed by atoms with E-state index < -0.39 is 24.6 Å². The summed E-state index contributed by atoms with van der Waals surface area (Å²) in [6, 6.07) is 9.03. The zero-order valence-electron chi connectivity index (χ0n) is 8.98. The predicted molar refractivity (Wildman–Crippen MR) is 58.5 cm³/mol. The molecule has 6 nitrogen and oxygen atoms in total. The summed E-state index contributed by atoms with van der Waals surface area (Å²) in [6.07, 6.45) is -1.14. The van der Waals surface area contributed by atoms with Gasteiger partial charge in [0.2, 0.25) is 0 Å². The summed E-state index contributed by atoms with van der Waals surface area (Å²) in [5.74, 6) is -2.37. The fraction of sp³-hybridized carbons (Fsp3) is 0.273. The van der Waals surface area contributed by atoms with Gasteiger partial charge in [0.05, 0.1) is 0 Å². The average molecular weight is 242 g/mol. The third-order valence-electron chi connectivity index (χ3n) is 1.69. The van der Waals surface area contributed by atoms with E-state index in [1.807, 2.05) is 18.2 Å². The van der Waals surface area contributed by atoms with Crippen LogP contribution in [0.1, 0.15) is 5.56 Å². The van der Waals surface area contributed by atoms with Crippen molar-refractivity contribution in [2.75, 3.05) is 6.61 Å². The topological polar surface area (TPSA) is 115 Å². The molecule has 1 atom stereocenters. The van der Waals surface area contributed by atoms with E-state index in [1.54, 1.807) is 12.1 Å². The maximum Gasteiger partial charge on any atom is 0.332 e. The average Bonchev–Trinajstić information content (AvgIpc) is 2.31. The molecule has 0 aliphatic rings. The summed E-state index contributed by atoms with van der Waals surface area (Å²) in [4.78, 5) is 19.4. The number of aliphatic hydroxyl groups excluding tert-OH is 2. The molecule has 1 aromatic rings. The highest BCUT2D eigenvalue weighted by atomic mass is 16.4. The maximum atomic E-state index is 10.3. The van der Waals surface area contributed by atoms with Crippen LogP contribution in [0, 0.1) is 0 Å². The molecule has 94 valence electrons. The third-order valence-corrected chi connectivity index (χ3v) is 1.69. The fourth-order valence-electron chi connectivity index (χ4n) is 0.925. The summed E-state index contributed by atoms with van der Waals surface area (Å²) in [6.45, 7) is -0.778. The Morgan fingerprint density at radius 3 is 1.94 bits per heavy atom. The van der Waals surface area contributed by atoms with Crippen LogP contribution in [-0.2, 0) is 16.0 Å². The van der Waals surface area contributed by atoms with Crippen molar-refractivity contribution in [3.63, 3.8) is 0 Å². The molecular weight excluding hydrogens is 228 g/mol. The molecule has 0 saturated carbocycles. The van der Waals surface area contributed by atoms with Gasteiger partial charge in [-0.25, -0.2) is 9.59 Å². The number of aliphatic hydroxyl groups is 2. The van der Waals surface area contributed by atoms with Crippen molar-refractivity contribution in [2.24, 2.45) is 0 Å². The Kier molecular flexibility index (Phi) is 7.32. The quantitative estimate of drug-likeness (QED) is 0.578. The lowest BCUT2D eigenvalue weighted by atomic mass is 10.1. The van der Waals surface area contributed by atoms with Crippen molar-refractivity contribution in [1.29, 1.82) is 0 Å². The van der Waals surface area contributed by atoms with Gasteiger partial charge in [0.15, 0.2) is 6.10 Å². The maximum absolute atomic E-state index is 10.3. The summed E-state index contributed by atoms with van der Waals surface area (Å²) in [7, 11) is 0. The summed E-state index contributed by atoms with van der Waals surface area (Å²) < 4.78 is 0. The number of rotatable bonds is 4. The van der Waals surface area contributed by atoms with Crippen LogP contribution in [0.4, 0.5) is 0 Å². The van der Waals surface area contributed by atoms with Crippen molar-refractivity contribution in [2.45, 2.75) is 12.5 Å². The van der Waals surface area contributed by atoms with Gasteiger partial charge in [-0.05, 0) is 5.56 Å². The molecule has 1 unspecified atom stereocenters. The van der Waals surface area contributed by atoms with Gasteiger partial charge in [-0.15, -0.1) is 0 Å². The van der Waals surface area contributed by atoms with Gasteiger partial charge >= 0.3 is 11.9 Å². The molecule has 1 rings (SSSR count). The lowest BCUT2D eigenvalue weighted by Crippen LogP contribution is -2.21. The van der Waals surface area contributed by atoms with Crippen LogP contribution in [-0.4, -0.2) is 45.1 Å². The second-order valence-corrected chi connectivity index (χ2v) is 3.10. The molecule has 0 fully saturated rings. The Bertz CT molecular complexity index is 348. The zero-order chi connectivity index (χ0) is 13.3. The number of benzene rings is 1. The van der Waals surface area contributed by atoms with E-state index in [0.29, 0.717) is 0 Å². The largest absolute Gasteiger partial charge is 0.480 e. The van der Waals surface area contributed by atoms with Crippen molar-refractivity contribution < 1.29 is 30.0 Å². The van der Waals surface area contributed by atoms with Gasteiger partial charge < -0.3 is 20.4 Å². The van der Waals surface area contributed by atoms with Crippen LogP contribution in [0.2, 0.25) is 0 Å². The van der Waals surface area contributed by atoms with Gasteiger partial charge in [0.25, 0.3) is 0 Å². The van der Waals surface area contributed by atoms with E-state index in [2.05, 4.69) is 0 Å². The first-order chi connectivity index (χ1) is 7.97. The van der Waals surface area contributed by atoms with Gasteiger partial charge in [-0.3, -0.25) is 0 Å². The van der Waals surface area contributed by atoms with Gasteiger partial charge in [-0.1, -0.05) is 30.3 Å². The Labute approximate surface area is 97.8 Å². The molecular formula is C11H14O6. The minimum Gasteiger partial charge on any atom is -0.480 e. The molecule has 17 heavy (non-hydrogen) atoms. The van der Waals surface area contributed by atoms with E-state index in [9.17, 15) is 4.79 Å². The highest BCUT2D eigenvalue weighted by molar-refractivity contribution is 5.72. The van der Waals surface area contributed by atoms with E-state index in [0.717, 1.165) is 5.56 Å². The second-order valence-electron chi connectivity index (χ2n) is 3.10. The molecule has 0 amide bonds. The molecule has 1 aromatic carbocycles. The highest BCUT2D eigenvalue weighted by Crippen LogP contribution is 2.02. The Balaban J connectivity index is 0.000000437. The van der Waals surface area contributed by atoms with Crippen LogP contribution in [0.5, 0.6) is 0 Å². The van der Waals surface area contributed by atoms with Gasteiger partial charge in [0.1, 0.15) is 6.61 Å². The Hall–Kier alpha value is -1.92. The van der Waals surface area contributed by atoms with E-state index in [-0.39, 0.29) is 6.42 Å². The lowest BCUT2D eigenvalue weighted by Gasteiger charge is -2.03. The third kappa shape index (κ3) is 7.95. The number of aliphatic carboxylic acids is 2. The molecule has 0 aliphatic heterocycles. The number of hydrogen-bond donors (Lipinski definition) is 4. The van der Waals surface area contributed by atoms with Gasteiger partial charge in [-0.2, -0.15) is 0 Å². The van der Waals surface area contributed by atoms with E-state index in [1.165, 1.54) is 0 Å². The number of carboxylic acids is 2. The van der Waals surface area contributed by atoms with Crippen LogP contribution < -0.4 is 0 Å². The van der Waals surface area contributed by atoms with Crippen molar-refractivity contribution >= 4 is 11.9 Å². The molecule has 0 spiro atoms. The first kappa shape index (κ1) is 15.1. The van der Waals surface area contributed by atoms with Crippen molar-refractivity contribution in [3.8, 4) is 0 Å². The summed E-state index contributed by atoms with van der Waals surface area (Å²) in [5.41, 5.74) is 0.826. The zero-order valence-corrected chi connectivity index (χ0v) is 8.98. The molecule has 4 N–H and O–H groups in total. The molecule has 0 aromatic heterocycles. The van der Waals surface area contributed by atoms with Crippen LogP contribution in [0.25, 0.3) is 0 Å². The minimum absolute atomic E-state index is 0.163. The molecule has 0 heterocycles. The summed E-state index contributed by atoms with van der Waals surface area (Å²) in [5, 5.41) is 32.4.